The molecule has 0 saturated heterocycles. The highest BCUT2D eigenvalue weighted by atomic mass is 19.1. The first kappa shape index (κ1) is 28.8. The SMILES string of the molecule is Cc1cc(C)c(C=C[C@H](O)C[C@@H](O)CC(=O)N[C@@H](Cc2ccccc2)C(=O)O)c(-c2ccc(F)c(C)c2)c1. The average molecular weight is 520 g/mol. The number of aliphatic carboxylic acids is 1. The lowest BCUT2D eigenvalue weighted by Gasteiger charge is -2.17. The van der Waals surface area contributed by atoms with E-state index in [1.807, 2.05) is 32.0 Å². The molecule has 0 bridgehead atoms. The largest absolute Gasteiger partial charge is 0.480 e. The molecule has 200 valence electrons. The number of rotatable bonds is 11. The number of carbonyl (C=O) groups is 2. The number of aliphatic hydroxyl groups is 2. The molecule has 38 heavy (non-hydrogen) atoms. The predicted octanol–water partition coefficient (Wildman–Crippen LogP) is 4.75. The number of hydrogen-bond donors (Lipinski definition) is 4. The highest BCUT2D eigenvalue weighted by Crippen LogP contribution is 2.30. The van der Waals surface area contributed by atoms with Gasteiger partial charge in [0.15, 0.2) is 0 Å². The van der Waals surface area contributed by atoms with E-state index in [0.717, 1.165) is 33.4 Å². The maximum absolute atomic E-state index is 13.8. The van der Waals surface area contributed by atoms with Gasteiger partial charge in [0.2, 0.25) is 5.91 Å². The molecule has 3 atom stereocenters. The summed E-state index contributed by atoms with van der Waals surface area (Å²) in [5.41, 5.74) is 5.93. The smallest absolute Gasteiger partial charge is 0.326 e. The van der Waals surface area contributed by atoms with Crippen LogP contribution in [0.1, 0.15) is 40.7 Å². The number of hydrogen-bond acceptors (Lipinski definition) is 4. The van der Waals surface area contributed by atoms with Gasteiger partial charge in [-0.05, 0) is 66.3 Å². The van der Waals surface area contributed by atoms with Crippen LogP contribution in [0.3, 0.4) is 0 Å². The van der Waals surface area contributed by atoms with Crippen LogP contribution in [0.4, 0.5) is 4.39 Å². The summed E-state index contributed by atoms with van der Waals surface area (Å²) in [5, 5.41) is 32.8. The second-order valence-corrected chi connectivity index (χ2v) is 9.68. The molecule has 6 nitrogen and oxygen atoms in total. The number of carboxylic acids is 1. The number of halogens is 1. The molecule has 0 radical (unpaired) electrons. The van der Waals surface area contributed by atoms with Crippen molar-refractivity contribution < 1.29 is 29.3 Å². The molecule has 0 heterocycles. The van der Waals surface area contributed by atoms with Crippen molar-refractivity contribution in [1.82, 2.24) is 5.32 Å². The zero-order chi connectivity index (χ0) is 27.8. The Hall–Kier alpha value is -3.81. The summed E-state index contributed by atoms with van der Waals surface area (Å²) in [6.07, 6.45) is 0.785. The van der Waals surface area contributed by atoms with Crippen molar-refractivity contribution in [3.05, 3.63) is 100 Å². The van der Waals surface area contributed by atoms with Gasteiger partial charge >= 0.3 is 5.97 Å². The van der Waals surface area contributed by atoms with Gasteiger partial charge in [0.25, 0.3) is 0 Å². The Bertz CT molecular complexity index is 1310. The van der Waals surface area contributed by atoms with Gasteiger partial charge in [0.05, 0.1) is 18.6 Å². The van der Waals surface area contributed by atoms with E-state index >= 15 is 0 Å². The van der Waals surface area contributed by atoms with E-state index in [9.17, 15) is 29.3 Å². The highest BCUT2D eigenvalue weighted by molar-refractivity contribution is 5.84. The highest BCUT2D eigenvalue weighted by Gasteiger charge is 2.22. The Balaban J connectivity index is 1.64. The molecular formula is C31H34FNO5. The van der Waals surface area contributed by atoms with Crippen molar-refractivity contribution in [2.75, 3.05) is 0 Å². The van der Waals surface area contributed by atoms with Gasteiger partial charge in [-0.25, -0.2) is 9.18 Å². The van der Waals surface area contributed by atoms with Crippen molar-refractivity contribution in [3.63, 3.8) is 0 Å². The fourth-order valence-corrected chi connectivity index (χ4v) is 4.42. The van der Waals surface area contributed by atoms with Crippen molar-refractivity contribution in [2.45, 2.75) is 58.3 Å². The Morgan fingerprint density at radius 1 is 0.974 bits per heavy atom. The minimum Gasteiger partial charge on any atom is -0.480 e. The molecule has 0 aliphatic carbocycles. The predicted molar refractivity (Wildman–Crippen MR) is 146 cm³/mol. The molecule has 0 spiro atoms. The van der Waals surface area contributed by atoms with Gasteiger partial charge in [-0.3, -0.25) is 4.79 Å². The first-order valence-corrected chi connectivity index (χ1v) is 12.5. The fourth-order valence-electron chi connectivity index (χ4n) is 4.42. The third-order valence-electron chi connectivity index (χ3n) is 6.34. The lowest BCUT2D eigenvalue weighted by atomic mass is 9.92. The molecule has 0 aliphatic rings. The van der Waals surface area contributed by atoms with Crippen molar-refractivity contribution in [2.24, 2.45) is 0 Å². The molecule has 0 unspecified atom stereocenters. The van der Waals surface area contributed by atoms with E-state index in [-0.39, 0.29) is 25.1 Å². The summed E-state index contributed by atoms with van der Waals surface area (Å²) in [7, 11) is 0. The van der Waals surface area contributed by atoms with Crippen molar-refractivity contribution >= 4 is 18.0 Å². The normalized spacial score (nSPS) is 13.7. The molecule has 7 heteroatoms. The Labute approximate surface area is 222 Å². The summed E-state index contributed by atoms with van der Waals surface area (Å²) in [6.45, 7) is 5.64. The first-order valence-electron chi connectivity index (χ1n) is 12.5. The fraction of sp³-hybridized carbons (Fsp3) is 0.290. The Morgan fingerprint density at radius 2 is 1.68 bits per heavy atom. The minimum atomic E-state index is -1.17. The number of benzene rings is 3. The molecule has 0 aliphatic heterocycles. The van der Waals surface area contributed by atoms with Crippen LogP contribution >= 0.6 is 0 Å². The lowest BCUT2D eigenvalue weighted by molar-refractivity contribution is -0.142. The number of amides is 1. The molecule has 1 amide bonds. The van der Waals surface area contributed by atoms with Crippen LogP contribution in [0.2, 0.25) is 0 Å². The Kier molecular flexibility index (Phi) is 9.93. The summed E-state index contributed by atoms with van der Waals surface area (Å²) in [6, 6.07) is 16.8. The topological polar surface area (TPSA) is 107 Å². The second kappa shape index (κ2) is 13.1. The van der Waals surface area contributed by atoms with Gasteiger partial charge in [-0.15, -0.1) is 0 Å². The molecular weight excluding hydrogens is 485 g/mol. The molecule has 0 fully saturated rings. The van der Waals surface area contributed by atoms with Crippen LogP contribution in [0.25, 0.3) is 17.2 Å². The monoisotopic (exact) mass is 519 g/mol. The number of carbonyl (C=O) groups excluding carboxylic acids is 1. The number of aliphatic hydroxyl groups excluding tert-OH is 2. The van der Waals surface area contributed by atoms with Gasteiger partial charge in [-0.1, -0.05) is 66.2 Å². The quantitative estimate of drug-likeness (QED) is 0.293. The Morgan fingerprint density at radius 3 is 2.34 bits per heavy atom. The average Bonchev–Trinajstić information content (AvgIpc) is 2.84. The summed E-state index contributed by atoms with van der Waals surface area (Å²) in [4.78, 5) is 24.0. The molecule has 3 aromatic carbocycles. The van der Waals surface area contributed by atoms with Crippen LogP contribution < -0.4 is 5.32 Å². The second-order valence-electron chi connectivity index (χ2n) is 9.68. The third kappa shape index (κ3) is 8.10. The summed E-state index contributed by atoms with van der Waals surface area (Å²) >= 11 is 0. The van der Waals surface area contributed by atoms with E-state index in [2.05, 4.69) is 5.32 Å². The molecule has 3 aromatic rings. The molecule has 4 N–H and O–H groups in total. The van der Waals surface area contributed by atoms with Gasteiger partial charge in [0.1, 0.15) is 11.9 Å². The zero-order valence-electron chi connectivity index (χ0n) is 21.8. The molecule has 0 aromatic heterocycles. The maximum atomic E-state index is 13.8. The standard InChI is InChI=1S/C31H34FNO5/c1-19-13-20(2)26(27(14-19)23-9-12-28(32)21(3)15-23)11-10-24(34)17-25(35)18-30(36)33-29(31(37)38)16-22-7-5-4-6-8-22/h4-15,24-25,29,34-35H,16-18H2,1-3H3,(H,33,36)(H,37,38)/t24-,25+,29-/m0/s1. The van der Waals surface area contributed by atoms with Crippen LogP contribution in [-0.2, 0) is 16.0 Å². The number of carboxylic acid groups (broad SMARTS) is 1. The van der Waals surface area contributed by atoms with Crippen molar-refractivity contribution in [1.29, 1.82) is 0 Å². The van der Waals surface area contributed by atoms with Gasteiger partial charge < -0.3 is 20.6 Å². The minimum absolute atomic E-state index is 0.101. The summed E-state index contributed by atoms with van der Waals surface area (Å²) < 4.78 is 13.8. The zero-order valence-corrected chi connectivity index (χ0v) is 21.8. The third-order valence-corrected chi connectivity index (χ3v) is 6.34. The van der Waals surface area contributed by atoms with E-state index in [1.165, 1.54) is 6.07 Å². The van der Waals surface area contributed by atoms with E-state index < -0.39 is 30.1 Å². The van der Waals surface area contributed by atoms with Crippen LogP contribution in [0.5, 0.6) is 0 Å². The van der Waals surface area contributed by atoms with E-state index in [0.29, 0.717) is 5.56 Å². The first-order chi connectivity index (χ1) is 18.0. The van der Waals surface area contributed by atoms with Gasteiger partial charge in [-0.2, -0.15) is 0 Å². The number of aryl methyl sites for hydroxylation is 3. The van der Waals surface area contributed by atoms with Crippen LogP contribution in [-0.4, -0.2) is 45.4 Å². The maximum Gasteiger partial charge on any atom is 0.326 e. The molecule has 0 saturated carbocycles. The van der Waals surface area contributed by atoms with Crippen LogP contribution in [0, 0.1) is 26.6 Å². The van der Waals surface area contributed by atoms with Gasteiger partial charge in [0, 0.05) is 12.8 Å². The van der Waals surface area contributed by atoms with E-state index in [1.54, 1.807) is 55.5 Å². The van der Waals surface area contributed by atoms with Crippen molar-refractivity contribution in [3.8, 4) is 11.1 Å². The summed E-state index contributed by atoms with van der Waals surface area (Å²) in [5.74, 6) is -2.06. The van der Waals surface area contributed by atoms with Crippen LogP contribution in [0.15, 0.2) is 66.7 Å². The lowest BCUT2D eigenvalue weighted by Crippen LogP contribution is -2.43. The number of nitrogens with one attached hydrogen (secondary N) is 1. The molecule has 3 rings (SSSR count). The van der Waals surface area contributed by atoms with E-state index in [4.69, 9.17) is 0 Å².